The summed E-state index contributed by atoms with van der Waals surface area (Å²) in [5.41, 5.74) is 0. The molecule has 2 saturated carbocycles. The van der Waals surface area contributed by atoms with Crippen molar-refractivity contribution in [3.63, 3.8) is 0 Å². The number of benzene rings is 1. The first kappa shape index (κ1) is 27.3. The van der Waals surface area contributed by atoms with Crippen LogP contribution in [0.15, 0.2) is 30.9 Å². The maximum atomic E-state index is 15.1. The molecule has 9 heteroatoms. The minimum absolute atomic E-state index is 0.0384. The first-order chi connectivity index (χ1) is 17.2. The third kappa shape index (κ3) is 6.39. The van der Waals surface area contributed by atoms with E-state index in [0.29, 0.717) is 51.0 Å². The van der Waals surface area contributed by atoms with Crippen LogP contribution >= 0.6 is 0 Å². The predicted octanol–water partition coefficient (Wildman–Crippen LogP) is 7.40. The van der Waals surface area contributed by atoms with Crippen LogP contribution in [-0.2, 0) is 9.47 Å². The van der Waals surface area contributed by atoms with Gasteiger partial charge in [-0.3, -0.25) is 0 Å². The predicted molar refractivity (Wildman–Crippen MR) is 122 cm³/mol. The second-order valence-corrected chi connectivity index (χ2v) is 10.4. The van der Waals surface area contributed by atoms with Crippen molar-refractivity contribution in [2.75, 3.05) is 13.2 Å². The lowest BCUT2D eigenvalue weighted by molar-refractivity contribution is -0.225. The molecule has 0 bridgehead atoms. The second kappa shape index (κ2) is 11.8. The molecule has 3 fully saturated rings. The lowest BCUT2D eigenvalue weighted by Gasteiger charge is -2.39. The van der Waals surface area contributed by atoms with Gasteiger partial charge in [-0.25, -0.2) is 17.6 Å². The zero-order valence-electron chi connectivity index (χ0n) is 20.2. The van der Waals surface area contributed by atoms with Gasteiger partial charge in [0.05, 0.1) is 19.1 Å². The first-order valence-electron chi connectivity index (χ1n) is 12.8. The molecule has 1 heterocycles. The molecule has 2 atom stereocenters. The van der Waals surface area contributed by atoms with Crippen LogP contribution in [0.1, 0.15) is 51.4 Å². The highest BCUT2D eigenvalue weighted by atomic mass is 19.3. The molecular formula is C27H34F6O3. The van der Waals surface area contributed by atoms with E-state index in [0.717, 1.165) is 6.07 Å². The van der Waals surface area contributed by atoms with Gasteiger partial charge in [-0.15, -0.1) is 6.58 Å². The van der Waals surface area contributed by atoms with Crippen molar-refractivity contribution >= 4 is 0 Å². The lowest BCUT2D eigenvalue weighted by Crippen LogP contribution is -2.42. The van der Waals surface area contributed by atoms with E-state index in [1.807, 2.05) is 0 Å². The number of halogens is 6. The largest absolute Gasteiger partial charge is 0.432 e. The van der Waals surface area contributed by atoms with Crippen LogP contribution in [0.3, 0.4) is 0 Å². The molecule has 202 valence electrons. The molecule has 0 radical (unpaired) electrons. The van der Waals surface area contributed by atoms with E-state index < -0.39 is 53.6 Å². The molecule has 3 aliphatic rings. The van der Waals surface area contributed by atoms with Gasteiger partial charge in [0.2, 0.25) is 0 Å². The summed E-state index contributed by atoms with van der Waals surface area (Å²) in [7, 11) is 0. The third-order valence-electron chi connectivity index (χ3n) is 8.08. The van der Waals surface area contributed by atoms with E-state index in [4.69, 9.17) is 9.47 Å². The molecule has 1 aromatic carbocycles. The van der Waals surface area contributed by atoms with E-state index in [9.17, 15) is 17.6 Å². The highest BCUT2D eigenvalue weighted by molar-refractivity contribution is 5.24. The van der Waals surface area contributed by atoms with Gasteiger partial charge in [0.15, 0.2) is 17.9 Å². The third-order valence-corrected chi connectivity index (χ3v) is 8.08. The maximum absolute atomic E-state index is 15.1. The minimum Gasteiger partial charge on any atom is -0.432 e. The van der Waals surface area contributed by atoms with Gasteiger partial charge in [0, 0.05) is 17.9 Å². The first-order valence-corrected chi connectivity index (χ1v) is 12.8. The summed E-state index contributed by atoms with van der Waals surface area (Å²) in [6.45, 7) is 4.85. The second-order valence-electron chi connectivity index (χ2n) is 10.4. The highest BCUT2D eigenvalue weighted by Crippen LogP contribution is 2.44. The Hall–Kier alpha value is -1.74. The van der Waals surface area contributed by atoms with Crippen LogP contribution in [0.5, 0.6) is 5.75 Å². The Morgan fingerprint density at radius 3 is 1.94 bits per heavy atom. The molecular weight excluding hydrogens is 486 g/mol. The number of rotatable bonds is 8. The van der Waals surface area contributed by atoms with Gasteiger partial charge in [-0.1, -0.05) is 6.08 Å². The molecule has 4 rings (SSSR count). The van der Waals surface area contributed by atoms with Crippen LogP contribution in [-0.4, -0.2) is 38.0 Å². The zero-order valence-corrected chi connectivity index (χ0v) is 20.2. The number of ether oxygens (including phenoxy) is 3. The van der Waals surface area contributed by atoms with Crippen molar-refractivity contribution in [3.05, 3.63) is 42.5 Å². The Morgan fingerprint density at radius 2 is 1.42 bits per heavy atom. The molecule has 0 spiro atoms. The fourth-order valence-electron chi connectivity index (χ4n) is 5.75. The molecule has 0 aromatic heterocycles. The number of hydrogen-bond acceptors (Lipinski definition) is 3. The van der Waals surface area contributed by atoms with E-state index in [1.165, 1.54) is 0 Å². The van der Waals surface area contributed by atoms with Crippen LogP contribution in [0.25, 0.3) is 0 Å². The standard InChI is InChI=1S/C27H34F6O3/c1-2-16-14-34-26(35-15-16)19-5-3-17(4-6-19)24(30)25(31)18-7-9-20(10-8-18)27(32,33)36-21-11-12-22(28)23(29)13-21/h2,11-13,16-20,24-26H,1,3-10,14-15H2. The summed E-state index contributed by atoms with van der Waals surface area (Å²) in [4.78, 5) is 0. The molecule has 3 nitrogen and oxygen atoms in total. The van der Waals surface area contributed by atoms with Crippen molar-refractivity contribution < 1.29 is 40.6 Å². The summed E-state index contributed by atoms with van der Waals surface area (Å²) in [6, 6.07) is 2.22. The summed E-state index contributed by atoms with van der Waals surface area (Å²) < 4.78 is 102. The van der Waals surface area contributed by atoms with Gasteiger partial charge in [-0.2, -0.15) is 8.78 Å². The Balaban J connectivity index is 1.22. The smallest absolute Gasteiger partial charge is 0.400 e. The molecule has 36 heavy (non-hydrogen) atoms. The van der Waals surface area contributed by atoms with Gasteiger partial charge < -0.3 is 14.2 Å². The monoisotopic (exact) mass is 520 g/mol. The van der Waals surface area contributed by atoms with Crippen molar-refractivity contribution in [1.29, 1.82) is 0 Å². The molecule has 1 aliphatic heterocycles. The number of hydrogen-bond donors (Lipinski definition) is 0. The molecule has 2 aliphatic carbocycles. The van der Waals surface area contributed by atoms with Gasteiger partial charge in [0.1, 0.15) is 18.1 Å². The zero-order chi connectivity index (χ0) is 25.9. The highest BCUT2D eigenvalue weighted by Gasteiger charge is 2.47. The van der Waals surface area contributed by atoms with Crippen molar-refractivity contribution in [1.82, 2.24) is 0 Å². The topological polar surface area (TPSA) is 27.7 Å². The van der Waals surface area contributed by atoms with Crippen molar-refractivity contribution in [2.45, 2.75) is 76.1 Å². The summed E-state index contributed by atoms with van der Waals surface area (Å²) >= 11 is 0. The average molecular weight is 521 g/mol. The quantitative estimate of drug-likeness (QED) is 0.264. The van der Waals surface area contributed by atoms with Gasteiger partial charge in [0.25, 0.3) is 0 Å². The van der Waals surface area contributed by atoms with Crippen LogP contribution < -0.4 is 4.74 Å². The van der Waals surface area contributed by atoms with Gasteiger partial charge in [-0.05, 0) is 75.3 Å². The van der Waals surface area contributed by atoms with Crippen LogP contribution in [0, 0.1) is 41.2 Å². The number of alkyl halides is 4. The van der Waals surface area contributed by atoms with E-state index in [-0.39, 0.29) is 43.8 Å². The van der Waals surface area contributed by atoms with Gasteiger partial charge >= 0.3 is 6.11 Å². The fraction of sp³-hybridized carbons (Fsp3) is 0.704. The van der Waals surface area contributed by atoms with E-state index in [1.54, 1.807) is 6.08 Å². The van der Waals surface area contributed by atoms with E-state index >= 15 is 8.78 Å². The Kier molecular flexibility index (Phi) is 8.92. The molecule has 1 aromatic rings. The summed E-state index contributed by atoms with van der Waals surface area (Å²) in [5.74, 6) is -4.84. The Labute approximate surface area is 208 Å². The Morgan fingerprint density at radius 1 is 0.861 bits per heavy atom. The molecule has 1 saturated heterocycles. The van der Waals surface area contributed by atoms with Crippen LogP contribution in [0.2, 0.25) is 0 Å². The Bertz CT molecular complexity index is 859. The maximum Gasteiger partial charge on any atom is 0.400 e. The molecule has 2 unspecified atom stereocenters. The average Bonchev–Trinajstić information content (AvgIpc) is 2.90. The minimum atomic E-state index is -3.62. The van der Waals surface area contributed by atoms with E-state index in [2.05, 4.69) is 11.3 Å². The molecule has 0 N–H and O–H groups in total. The lowest BCUT2D eigenvalue weighted by atomic mass is 9.73. The SMILES string of the molecule is C=CC1COC(C2CCC(C(F)C(F)C3CCC(C(F)(F)Oc4ccc(F)c(F)c4)CC3)CC2)OC1. The van der Waals surface area contributed by atoms with Crippen molar-refractivity contribution in [3.8, 4) is 5.75 Å². The normalized spacial score (nSPS) is 33.5. The van der Waals surface area contributed by atoms with Crippen LogP contribution in [0.4, 0.5) is 26.3 Å². The molecule has 0 amide bonds. The summed E-state index contributed by atoms with van der Waals surface area (Å²) in [5, 5.41) is 0. The fourth-order valence-corrected chi connectivity index (χ4v) is 5.75. The summed E-state index contributed by atoms with van der Waals surface area (Å²) in [6.07, 6.45) is -2.85. The van der Waals surface area contributed by atoms with Crippen molar-refractivity contribution in [2.24, 2.45) is 29.6 Å².